The summed E-state index contributed by atoms with van der Waals surface area (Å²) in [4.78, 5) is 11.9. The molecule has 2 aliphatic heterocycles. The summed E-state index contributed by atoms with van der Waals surface area (Å²) >= 11 is 0. The second-order valence-electron chi connectivity index (χ2n) is 7.26. The number of fused-ring (bicyclic) bond motifs is 2. The summed E-state index contributed by atoms with van der Waals surface area (Å²) in [7, 11) is -3.84. The molecule has 3 unspecified atom stereocenters. The molecule has 0 radical (unpaired) electrons. The maximum Gasteiger partial charge on any atom is 0.322 e. The molecule has 3 atom stereocenters. The summed E-state index contributed by atoms with van der Waals surface area (Å²) in [5.74, 6) is -0.151. The Morgan fingerprint density at radius 3 is 2.80 bits per heavy atom. The molecule has 136 valence electrons. The van der Waals surface area contributed by atoms with Crippen LogP contribution in [-0.2, 0) is 21.2 Å². The van der Waals surface area contributed by atoms with Crippen LogP contribution in [0.1, 0.15) is 44.1 Å². The van der Waals surface area contributed by atoms with Crippen LogP contribution in [0.25, 0.3) is 0 Å². The van der Waals surface area contributed by atoms with Crippen molar-refractivity contribution in [2.24, 2.45) is 5.92 Å². The molecule has 7 heteroatoms. The second kappa shape index (κ2) is 6.29. The Morgan fingerprint density at radius 2 is 2.00 bits per heavy atom. The van der Waals surface area contributed by atoms with Gasteiger partial charge in [-0.25, -0.2) is 8.42 Å². The Balaban J connectivity index is 1.73. The molecule has 25 heavy (non-hydrogen) atoms. The number of carboxylic acid groups (broad SMARTS) is 1. The fourth-order valence-electron chi connectivity index (χ4n) is 4.59. The average molecular weight is 365 g/mol. The van der Waals surface area contributed by atoms with Gasteiger partial charge in [0.15, 0.2) is 0 Å². The van der Waals surface area contributed by atoms with Crippen molar-refractivity contribution in [2.75, 3.05) is 6.61 Å². The fraction of sp³-hybridized carbons (Fsp3) is 0.611. The number of benzene rings is 1. The zero-order valence-electron chi connectivity index (χ0n) is 14.1. The van der Waals surface area contributed by atoms with Crippen molar-refractivity contribution in [3.05, 3.63) is 23.8 Å². The van der Waals surface area contributed by atoms with Crippen molar-refractivity contribution in [3.8, 4) is 5.75 Å². The topological polar surface area (TPSA) is 83.9 Å². The second-order valence-corrected chi connectivity index (χ2v) is 9.10. The highest BCUT2D eigenvalue weighted by Gasteiger charge is 2.51. The zero-order valence-corrected chi connectivity index (χ0v) is 14.9. The van der Waals surface area contributed by atoms with Crippen molar-refractivity contribution in [3.63, 3.8) is 0 Å². The van der Waals surface area contributed by atoms with Gasteiger partial charge in [-0.15, -0.1) is 0 Å². The van der Waals surface area contributed by atoms with E-state index in [1.807, 2.05) is 0 Å². The van der Waals surface area contributed by atoms with E-state index in [0.717, 1.165) is 49.8 Å². The van der Waals surface area contributed by atoms with Crippen LogP contribution in [0, 0.1) is 5.92 Å². The van der Waals surface area contributed by atoms with E-state index in [2.05, 4.69) is 0 Å². The molecule has 2 heterocycles. The van der Waals surface area contributed by atoms with Gasteiger partial charge in [0.1, 0.15) is 11.8 Å². The van der Waals surface area contributed by atoms with Crippen LogP contribution in [0.15, 0.2) is 23.1 Å². The van der Waals surface area contributed by atoms with Gasteiger partial charge in [0.2, 0.25) is 10.0 Å². The Hall–Kier alpha value is -1.60. The third kappa shape index (κ3) is 2.83. The molecule has 1 aromatic rings. The summed E-state index contributed by atoms with van der Waals surface area (Å²) in [5, 5.41) is 9.61. The van der Waals surface area contributed by atoms with E-state index in [1.54, 1.807) is 18.2 Å². The summed E-state index contributed by atoms with van der Waals surface area (Å²) < 4.78 is 33.5. The molecule has 0 amide bonds. The first-order chi connectivity index (χ1) is 12.0. The quantitative estimate of drug-likeness (QED) is 0.889. The molecule has 6 nitrogen and oxygen atoms in total. The number of sulfonamides is 1. The summed E-state index contributed by atoms with van der Waals surface area (Å²) in [5.41, 5.74) is 0.888. The Morgan fingerprint density at radius 1 is 1.20 bits per heavy atom. The highest BCUT2D eigenvalue weighted by atomic mass is 32.2. The van der Waals surface area contributed by atoms with Crippen LogP contribution in [-0.4, -0.2) is 42.5 Å². The predicted octanol–water partition coefficient (Wildman–Crippen LogP) is 2.42. The molecular formula is C18H23NO5S. The summed E-state index contributed by atoms with van der Waals surface area (Å²) in [6, 6.07) is 3.77. The third-order valence-corrected chi connectivity index (χ3v) is 7.70. The first-order valence-electron chi connectivity index (χ1n) is 9.00. The van der Waals surface area contributed by atoms with Gasteiger partial charge >= 0.3 is 5.97 Å². The number of aryl methyl sites for hydroxylation is 1. The number of aliphatic carboxylic acids is 1. The van der Waals surface area contributed by atoms with Crippen molar-refractivity contribution < 1.29 is 23.1 Å². The van der Waals surface area contributed by atoms with E-state index in [9.17, 15) is 18.3 Å². The van der Waals surface area contributed by atoms with Gasteiger partial charge in [0, 0.05) is 6.04 Å². The van der Waals surface area contributed by atoms with E-state index in [1.165, 1.54) is 4.31 Å². The Bertz CT molecular complexity index is 791. The monoisotopic (exact) mass is 365 g/mol. The first kappa shape index (κ1) is 16.8. The molecule has 3 aliphatic rings. The van der Waals surface area contributed by atoms with Gasteiger partial charge in [-0.3, -0.25) is 4.79 Å². The van der Waals surface area contributed by atoms with E-state index in [4.69, 9.17) is 4.74 Å². The normalized spacial score (nSPS) is 29.5. The SMILES string of the molecule is O=C(O)C1CC2CCCCC2N1S(=O)(=O)c1ccc2c(c1)CCCO2. The molecule has 1 aromatic carbocycles. The molecule has 1 aliphatic carbocycles. The van der Waals surface area contributed by atoms with Gasteiger partial charge in [0.25, 0.3) is 0 Å². The van der Waals surface area contributed by atoms with Gasteiger partial charge < -0.3 is 9.84 Å². The number of ether oxygens (including phenoxy) is 1. The molecule has 0 spiro atoms. The van der Waals surface area contributed by atoms with Crippen LogP contribution in [0.5, 0.6) is 5.75 Å². The minimum absolute atomic E-state index is 0.158. The molecule has 2 fully saturated rings. The molecule has 1 saturated heterocycles. The van der Waals surface area contributed by atoms with Crippen molar-refractivity contribution >= 4 is 16.0 Å². The lowest BCUT2D eigenvalue weighted by molar-refractivity contribution is -0.141. The smallest absolute Gasteiger partial charge is 0.322 e. The predicted molar refractivity (Wildman–Crippen MR) is 91.1 cm³/mol. The van der Waals surface area contributed by atoms with Crippen molar-refractivity contribution in [1.29, 1.82) is 0 Å². The van der Waals surface area contributed by atoms with Crippen LogP contribution in [0.2, 0.25) is 0 Å². The van der Waals surface area contributed by atoms with Crippen LogP contribution in [0.4, 0.5) is 0 Å². The third-order valence-electron chi connectivity index (χ3n) is 5.77. The van der Waals surface area contributed by atoms with Crippen LogP contribution in [0.3, 0.4) is 0 Å². The zero-order chi connectivity index (χ0) is 17.6. The van der Waals surface area contributed by atoms with Gasteiger partial charge in [-0.2, -0.15) is 4.31 Å². The standard InChI is InChI=1S/C18H23NO5S/c20-18(21)16-11-12-4-1-2-6-15(12)19(16)25(22,23)14-7-8-17-13(10-14)5-3-9-24-17/h7-8,10,12,15-16H,1-6,9,11H2,(H,20,21). The number of rotatable bonds is 3. The summed E-state index contributed by atoms with van der Waals surface area (Å²) in [6.07, 6.45) is 5.75. The van der Waals surface area contributed by atoms with Crippen molar-refractivity contribution in [1.82, 2.24) is 4.31 Å². The summed E-state index contributed by atoms with van der Waals surface area (Å²) in [6.45, 7) is 0.649. The van der Waals surface area contributed by atoms with E-state index in [0.29, 0.717) is 13.0 Å². The van der Waals surface area contributed by atoms with Crippen LogP contribution < -0.4 is 4.74 Å². The largest absolute Gasteiger partial charge is 0.493 e. The van der Waals surface area contributed by atoms with Crippen LogP contribution >= 0.6 is 0 Å². The minimum atomic E-state index is -3.84. The lowest BCUT2D eigenvalue weighted by Crippen LogP contribution is -2.46. The number of nitrogens with zero attached hydrogens (tertiary/aromatic N) is 1. The first-order valence-corrected chi connectivity index (χ1v) is 10.4. The Labute approximate surface area is 147 Å². The molecule has 1 saturated carbocycles. The highest BCUT2D eigenvalue weighted by molar-refractivity contribution is 7.89. The maximum atomic E-state index is 13.3. The van der Waals surface area contributed by atoms with Gasteiger partial charge in [0.05, 0.1) is 11.5 Å². The molecule has 0 aromatic heterocycles. The molecule has 0 bridgehead atoms. The van der Waals surface area contributed by atoms with E-state index in [-0.39, 0.29) is 16.9 Å². The van der Waals surface area contributed by atoms with E-state index < -0.39 is 22.0 Å². The lowest BCUT2D eigenvalue weighted by atomic mass is 9.85. The van der Waals surface area contributed by atoms with Gasteiger partial charge in [-0.1, -0.05) is 12.8 Å². The number of hydrogen-bond acceptors (Lipinski definition) is 4. The van der Waals surface area contributed by atoms with E-state index >= 15 is 0 Å². The fourth-order valence-corrected chi connectivity index (χ4v) is 6.51. The number of hydrogen-bond donors (Lipinski definition) is 1. The Kier molecular flexibility index (Phi) is 4.24. The number of carboxylic acids is 1. The number of carbonyl (C=O) groups is 1. The van der Waals surface area contributed by atoms with Crippen molar-refractivity contribution in [2.45, 2.75) is 61.9 Å². The highest BCUT2D eigenvalue weighted by Crippen LogP contribution is 2.43. The molecule has 4 rings (SSSR count). The molecule has 1 N–H and O–H groups in total. The molecular weight excluding hydrogens is 342 g/mol. The lowest BCUT2D eigenvalue weighted by Gasteiger charge is -2.32. The average Bonchev–Trinajstić information content (AvgIpc) is 3.02. The minimum Gasteiger partial charge on any atom is -0.493 e. The maximum absolute atomic E-state index is 13.3. The van der Waals surface area contributed by atoms with Gasteiger partial charge in [-0.05, 0) is 61.8 Å².